The highest BCUT2D eigenvalue weighted by atomic mass is 19.1. The fourth-order valence-corrected chi connectivity index (χ4v) is 4.24. The van der Waals surface area contributed by atoms with Gasteiger partial charge in [0.05, 0.1) is 0 Å². The molecule has 2 rings (SSSR count). The van der Waals surface area contributed by atoms with Crippen molar-refractivity contribution in [3.63, 3.8) is 0 Å². The van der Waals surface area contributed by atoms with Crippen LogP contribution in [0.15, 0.2) is 24.3 Å². The molecule has 1 aromatic rings. The van der Waals surface area contributed by atoms with Gasteiger partial charge in [-0.1, -0.05) is 45.2 Å². The maximum absolute atomic E-state index is 13.3. The molecule has 0 aromatic heterocycles. The molecule has 3 nitrogen and oxygen atoms in total. The van der Waals surface area contributed by atoms with Crippen molar-refractivity contribution in [3.05, 3.63) is 35.6 Å². The molecule has 0 saturated carbocycles. The van der Waals surface area contributed by atoms with Crippen molar-refractivity contribution in [1.29, 1.82) is 0 Å². The molecule has 1 aromatic carbocycles. The molecule has 1 aliphatic heterocycles. The summed E-state index contributed by atoms with van der Waals surface area (Å²) in [5, 5.41) is 0. The van der Waals surface area contributed by atoms with Crippen molar-refractivity contribution >= 4 is 5.91 Å². The molecule has 2 unspecified atom stereocenters. The Bertz CT molecular complexity index is 574. The second kappa shape index (κ2) is 12.2. The Morgan fingerprint density at radius 2 is 1.96 bits per heavy atom. The van der Waals surface area contributed by atoms with Gasteiger partial charge < -0.3 is 9.80 Å². The molecule has 1 amide bonds. The number of carbonyl (C=O) groups excluding carboxylic acids is 1. The molecule has 0 aliphatic carbocycles. The first-order valence-corrected chi connectivity index (χ1v) is 11.3. The van der Waals surface area contributed by atoms with Crippen LogP contribution in [0.5, 0.6) is 0 Å². The number of halogens is 1. The molecular formula is C24H39FN2O. The van der Waals surface area contributed by atoms with Gasteiger partial charge in [0, 0.05) is 31.6 Å². The minimum atomic E-state index is -0.227. The van der Waals surface area contributed by atoms with Gasteiger partial charge in [-0.15, -0.1) is 0 Å². The standard InChI is InChI=1S/C24H39FN2O/c1-4-6-11-22(5-2)24(28)27(19-21-12-14-23(25)15-13-21)18-9-17-26-16-8-7-10-20(26)3/h12-15,20,22H,4-11,16-19H2,1-3H3. The minimum absolute atomic E-state index is 0.106. The molecule has 0 bridgehead atoms. The largest absolute Gasteiger partial charge is 0.338 e. The molecule has 1 aliphatic rings. The fourth-order valence-electron chi connectivity index (χ4n) is 4.24. The smallest absolute Gasteiger partial charge is 0.225 e. The number of piperidine rings is 1. The molecule has 0 radical (unpaired) electrons. The molecule has 0 spiro atoms. The SMILES string of the molecule is CCCCC(CC)C(=O)N(CCCN1CCCCC1C)Cc1ccc(F)cc1. The number of likely N-dealkylation sites (tertiary alicyclic amines) is 1. The third-order valence-corrected chi connectivity index (χ3v) is 6.16. The van der Waals surface area contributed by atoms with Crippen LogP contribution < -0.4 is 0 Å². The van der Waals surface area contributed by atoms with Crippen molar-refractivity contribution in [2.24, 2.45) is 5.92 Å². The van der Waals surface area contributed by atoms with Crippen molar-refractivity contribution in [2.75, 3.05) is 19.6 Å². The van der Waals surface area contributed by atoms with Crippen molar-refractivity contribution in [2.45, 2.75) is 84.7 Å². The van der Waals surface area contributed by atoms with Crippen molar-refractivity contribution < 1.29 is 9.18 Å². The number of amides is 1. The van der Waals surface area contributed by atoms with Crippen LogP contribution in [-0.2, 0) is 11.3 Å². The lowest BCUT2D eigenvalue weighted by molar-refractivity contribution is -0.136. The van der Waals surface area contributed by atoms with Gasteiger partial charge in [0.25, 0.3) is 0 Å². The quantitative estimate of drug-likeness (QED) is 0.488. The van der Waals surface area contributed by atoms with Crippen LogP contribution in [0.1, 0.15) is 77.7 Å². The number of nitrogens with zero attached hydrogens (tertiary/aromatic N) is 2. The fraction of sp³-hybridized carbons (Fsp3) is 0.708. The zero-order valence-corrected chi connectivity index (χ0v) is 18.1. The van der Waals surface area contributed by atoms with Crippen LogP contribution in [0.25, 0.3) is 0 Å². The molecule has 2 atom stereocenters. The third kappa shape index (κ3) is 7.20. The highest BCUT2D eigenvalue weighted by Crippen LogP contribution is 2.20. The Morgan fingerprint density at radius 1 is 1.21 bits per heavy atom. The highest BCUT2D eigenvalue weighted by molar-refractivity contribution is 5.78. The van der Waals surface area contributed by atoms with Gasteiger partial charge in [-0.05, 0) is 63.3 Å². The van der Waals surface area contributed by atoms with Crippen molar-refractivity contribution in [3.8, 4) is 0 Å². The topological polar surface area (TPSA) is 23.6 Å². The molecular weight excluding hydrogens is 351 g/mol. The summed E-state index contributed by atoms with van der Waals surface area (Å²) in [6.07, 6.45) is 8.99. The first-order valence-electron chi connectivity index (χ1n) is 11.3. The summed E-state index contributed by atoms with van der Waals surface area (Å²) in [5.74, 6) is 0.149. The summed E-state index contributed by atoms with van der Waals surface area (Å²) in [6, 6.07) is 7.23. The molecule has 0 N–H and O–H groups in total. The van der Waals surface area contributed by atoms with Crippen LogP contribution in [0.3, 0.4) is 0 Å². The van der Waals surface area contributed by atoms with Gasteiger partial charge in [0.2, 0.25) is 5.91 Å². The van der Waals surface area contributed by atoms with E-state index in [1.807, 2.05) is 4.90 Å². The first kappa shape index (κ1) is 22.9. The summed E-state index contributed by atoms with van der Waals surface area (Å²) >= 11 is 0. The Labute approximate surface area is 171 Å². The number of hydrogen-bond acceptors (Lipinski definition) is 2. The van der Waals surface area contributed by atoms with Gasteiger partial charge >= 0.3 is 0 Å². The normalized spacial score (nSPS) is 18.8. The Balaban J connectivity index is 1.99. The van der Waals surface area contributed by atoms with E-state index in [9.17, 15) is 9.18 Å². The van der Waals surface area contributed by atoms with E-state index < -0.39 is 0 Å². The number of carbonyl (C=O) groups is 1. The monoisotopic (exact) mass is 390 g/mol. The molecule has 1 fully saturated rings. The average molecular weight is 391 g/mol. The van der Waals surface area contributed by atoms with Gasteiger partial charge in [0.1, 0.15) is 5.82 Å². The zero-order chi connectivity index (χ0) is 20.4. The Morgan fingerprint density at radius 3 is 2.61 bits per heavy atom. The number of benzene rings is 1. The second-order valence-electron chi connectivity index (χ2n) is 8.37. The lowest BCUT2D eigenvalue weighted by Gasteiger charge is -2.34. The van der Waals surface area contributed by atoms with E-state index in [0.717, 1.165) is 50.8 Å². The number of unbranched alkanes of at least 4 members (excludes halogenated alkanes) is 1. The van der Waals surface area contributed by atoms with Gasteiger partial charge in [-0.3, -0.25) is 4.79 Å². The van der Waals surface area contributed by atoms with E-state index in [0.29, 0.717) is 12.6 Å². The maximum atomic E-state index is 13.3. The van der Waals surface area contributed by atoms with Crippen LogP contribution in [0.2, 0.25) is 0 Å². The van der Waals surface area contributed by atoms with Crippen LogP contribution >= 0.6 is 0 Å². The molecule has 158 valence electrons. The molecule has 4 heteroatoms. The predicted octanol–water partition coefficient (Wildman–Crippen LogP) is 5.64. The van der Waals surface area contributed by atoms with Crippen LogP contribution in [-0.4, -0.2) is 41.4 Å². The Hall–Kier alpha value is -1.42. The second-order valence-corrected chi connectivity index (χ2v) is 8.37. The molecule has 1 heterocycles. The number of rotatable bonds is 11. The summed E-state index contributed by atoms with van der Waals surface area (Å²) < 4.78 is 13.3. The highest BCUT2D eigenvalue weighted by Gasteiger charge is 2.23. The van der Waals surface area contributed by atoms with E-state index in [4.69, 9.17) is 0 Å². The van der Waals surface area contributed by atoms with Crippen LogP contribution in [0.4, 0.5) is 4.39 Å². The Kier molecular flexibility index (Phi) is 9.97. The zero-order valence-electron chi connectivity index (χ0n) is 18.1. The first-order chi connectivity index (χ1) is 13.5. The molecule has 1 saturated heterocycles. The summed E-state index contributed by atoms with van der Waals surface area (Å²) in [5.41, 5.74) is 1.01. The number of hydrogen-bond donors (Lipinski definition) is 0. The van der Waals surface area contributed by atoms with Crippen LogP contribution in [0, 0.1) is 11.7 Å². The lowest BCUT2D eigenvalue weighted by atomic mass is 9.97. The lowest BCUT2D eigenvalue weighted by Crippen LogP contribution is -2.41. The minimum Gasteiger partial charge on any atom is -0.338 e. The maximum Gasteiger partial charge on any atom is 0.225 e. The average Bonchev–Trinajstić information content (AvgIpc) is 2.70. The van der Waals surface area contributed by atoms with Gasteiger partial charge in [0.15, 0.2) is 0 Å². The van der Waals surface area contributed by atoms with Gasteiger partial charge in [-0.25, -0.2) is 4.39 Å². The third-order valence-electron chi connectivity index (χ3n) is 6.16. The molecule has 28 heavy (non-hydrogen) atoms. The summed E-state index contributed by atoms with van der Waals surface area (Å²) in [4.78, 5) is 17.8. The van der Waals surface area contributed by atoms with Crippen molar-refractivity contribution in [1.82, 2.24) is 9.80 Å². The van der Waals surface area contributed by atoms with E-state index >= 15 is 0 Å². The van der Waals surface area contributed by atoms with E-state index in [1.165, 1.54) is 37.9 Å². The van der Waals surface area contributed by atoms with E-state index in [2.05, 4.69) is 25.7 Å². The summed E-state index contributed by atoms with van der Waals surface area (Å²) in [6.45, 7) is 10.2. The van der Waals surface area contributed by atoms with E-state index in [-0.39, 0.29) is 17.6 Å². The van der Waals surface area contributed by atoms with E-state index in [1.54, 1.807) is 12.1 Å². The predicted molar refractivity (Wildman–Crippen MR) is 115 cm³/mol. The van der Waals surface area contributed by atoms with Gasteiger partial charge in [-0.2, -0.15) is 0 Å². The summed E-state index contributed by atoms with van der Waals surface area (Å²) in [7, 11) is 0.